The highest BCUT2D eigenvalue weighted by atomic mass is 32.1. The second kappa shape index (κ2) is 5.85. The van der Waals surface area contributed by atoms with Crippen molar-refractivity contribution in [2.24, 2.45) is 0 Å². The van der Waals surface area contributed by atoms with E-state index in [2.05, 4.69) is 15.2 Å². The molecule has 106 valence electrons. The summed E-state index contributed by atoms with van der Waals surface area (Å²) in [5, 5.41) is 12.6. The summed E-state index contributed by atoms with van der Waals surface area (Å²) < 4.78 is 0. The van der Waals surface area contributed by atoms with Crippen LogP contribution in [0.4, 0.5) is 5.13 Å². The number of nitrogens with one attached hydrogen (secondary N) is 1. The number of nitrogens with zero attached hydrogens (tertiary/aromatic N) is 2. The Morgan fingerprint density at radius 1 is 1.68 bits per heavy atom. The summed E-state index contributed by atoms with van der Waals surface area (Å²) in [5.74, 6) is -0.108. The highest BCUT2D eigenvalue weighted by Crippen LogP contribution is 2.22. The van der Waals surface area contributed by atoms with Crippen LogP contribution >= 0.6 is 11.3 Å². The van der Waals surface area contributed by atoms with Crippen molar-refractivity contribution in [2.75, 3.05) is 25.9 Å². The molecule has 0 bridgehead atoms. The number of aromatic nitrogens is 1. The van der Waals surface area contributed by atoms with E-state index in [-0.39, 0.29) is 24.6 Å². The van der Waals surface area contributed by atoms with Crippen molar-refractivity contribution in [1.29, 1.82) is 0 Å². The van der Waals surface area contributed by atoms with Crippen molar-refractivity contribution in [1.82, 2.24) is 15.2 Å². The third kappa shape index (κ3) is 3.05. The zero-order valence-corrected chi connectivity index (χ0v) is 12.0. The summed E-state index contributed by atoms with van der Waals surface area (Å²) in [5.41, 5.74) is 6.41. The van der Waals surface area contributed by atoms with Crippen molar-refractivity contribution in [2.45, 2.75) is 31.8 Å². The first-order valence-electron chi connectivity index (χ1n) is 6.42. The van der Waals surface area contributed by atoms with Gasteiger partial charge in [0.1, 0.15) is 4.88 Å². The number of carbonyl (C=O) groups excluding carboxylic acids is 1. The highest BCUT2D eigenvalue weighted by Gasteiger charge is 2.30. The minimum absolute atomic E-state index is 0.0719. The van der Waals surface area contributed by atoms with Gasteiger partial charge in [-0.3, -0.25) is 9.69 Å². The van der Waals surface area contributed by atoms with Gasteiger partial charge in [0.2, 0.25) is 0 Å². The Morgan fingerprint density at radius 3 is 3.00 bits per heavy atom. The zero-order chi connectivity index (χ0) is 14.0. The Hall–Kier alpha value is -1.18. The molecule has 0 unspecified atom stereocenters. The number of amides is 1. The van der Waals surface area contributed by atoms with E-state index in [9.17, 15) is 9.90 Å². The quantitative estimate of drug-likeness (QED) is 0.728. The maximum atomic E-state index is 12.2. The molecule has 1 aliphatic heterocycles. The number of likely N-dealkylation sites (N-methyl/N-ethyl adjacent to an activating group) is 1. The van der Waals surface area contributed by atoms with E-state index in [1.165, 1.54) is 11.3 Å². The van der Waals surface area contributed by atoms with Crippen LogP contribution in [0, 0.1) is 0 Å². The number of nitrogen functional groups attached to an aromatic ring is 1. The van der Waals surface area contributed by atoms with Crippen LogP contribution in [-0.4, -0.2) is 53.2 Å². The molecule has 0 aromatic carbocycles. The molecule has 0 spiro atoms. The Labute approximate surface area is 116 Å². The number of hydrogen-bond acceptors (Lipinski definition) is 6. The molecule has 6 nitrogen and oxygen atoms in total. The lowest BCUT2D eigenvalue weighted by Crippen LogP contribution is -2.36. The van der Waals surface area contributed by atoms with Crippen LogP contribution in [0.15, 0.2) is 0 Å². The van der Waals surface area contributed by atoms with E-state index in [4.69, 9.17) is 5.73 Å². The smallest absolute Gasteiger partial charge is 0.263 e. The first-order chi connectivity index (χ1) is 9.05. The molecule has 0 saturated carbocycles. The average Bonchev–Trinajstić information content (AvgIpc) is 2.92. The molecule has 1 aromatic rings. The number of aryl methyl sites for hydroxylation is 1. The summed E-state index contributed by atoms with van der Waals surface area (Å²) in [4.78, 5) is 19.0. The maximum Gasteiger partial charge on any atom is 0.263 e. The number of thiazole rings is 1. The van der Waals surface area contributed by atoms with Gasteiger partial charge in [0.15, 0.2) is 5.13 Å². The van der Waals surface area contributed by atoms with Gasteiger partial charge < -0.3 is 16.2 Å². The van der Waals surface area contributed by atoms with E-state index >= 15 is 0 Å². The van der Waals surface area contributed by atoms with E-state index < -0.39 is 0 Å². The lowest BCUT2D eigenvalue weighted by atomic mass is 10.1. The topological polar surface area (TPSA) is 91.5 Å². The third-order valence-corrected chi connectivity index (χ3v) is 4.41. The Kier molecular flexibility index (Phi) is 4.38. The van der Waals surface area contributed by atoms with E-state index in [1.54, 1.807) is 0 Å². The first kappa shape index (κ1) is 14.2. The maximum absolute atomic E-state index is 12.2. The van der Waals surface area contributed by atoms with E-state index in [0.717, 1.165) is 18.7 Å². The molecule has 2 atom stereocenters. The van der Waals surface area contributed by atoms with Crippen LogP contribution in [0.1, 0.15) is 28.7 Å². The highest BCUT2D eigenvalue weighted by molar-refractivity contribution is 7.17. The third-order valence-electron chi connectivity index (χ3n) is 3.49. The Bertz CT molecular complexity index is 463. The lowest BCUT2D eigenvalue weighted by Gasteiger charge is -2.15. The number of anilines is 1. The molecule has 2 heterocycles. The molecular formula is C12H20N4O2S. The minimum atomic E-state index is -0.108. The molecule has 0 aliphatic carbocycles. The van der Waals surface area contributed by atoms with E-state index in [1.807, 2.05) is 14.0 Å². The van der Waals surface area contributed by atoms with Crippen molar-refractivity contribution in [3.05, 3.63) is 10.6 Å². The Morgan fingerprint density at radius 2 is 2.42 bits per heavy atom. The van der Waals surface area contributed by atoms with Gasteiger partial charge in [-0.1, -0.05) is 18.3 Å². The molecule has 4 N–H and O–H groups in total. The molecule has 0 radical (unpaired) electrons. The minimum Gasteiger partial charge on any atom is -0.395 e. The lowest BCUT2D eigenvalue weighted by molar-refractivity contribution is 0.0941. The second-order valence-corrected chi connectivity index (χ2v) is 5.89. The number of rotatable bonds is 4. The molecule has 1 aliphatic rings. The van der Waals surface area contributed by atoms with Crippen LogP contribution in [-0.2, 0) is 6.42 Å². The molecule has 1 fully saturated rings. The van der Waals surface area contributed by atoms with Crippen molar-refractivity contribution >= 4 is 22.4 Å². The SMILES string of the molecule is CCc1nc(N)sc1C(=O)N[C@@H]1C[C@@H](CO)N(C)C1. The summed E-state index contributed by atoms with van der Waals surface area (Å²) in [6.07, 6.45) is 1.47. The zero-order valence-electron chi connectivity index (χ0n) is 11.2. The molecule has 19 heavy (non-hydrogen) atoms. The number of hydrogen-bond donors (Lipinski definition) is 3. The van der Waals surface area contributed by atoms with E-state index in [0.29, 0.717) is 16.4 Å². The van der Waals surface area contributed by atoms with Crippen molar-refractivity contribution < 1.29 is 9.90 Å². The average molecular weight is 284 g/mol. The molecule has 1 amide bonds. The second-order valence-electron chi connectivity index (χ2n) is 4.86. The van der Waals surface area contributed by atoms with Gasteiger partial charge >= 0.3 is 0 Å². The van der Waals surface area contributed by atoms with Crippen LogP contribution in [0.25, 0.3) is 0 Å². The van der Waals surface area contributed by atoms with Gasteiger partial charge in [0.25, 0.3) is 5.91 Å². The normalized spacial score (nSPS) is 23.7. The van der Waals surface area contributed by atoms with Gasteiger partial charge in [-0.15, -0.1) is 0 Å². The molecule has 2 rings (SSSR count). The monoisotopic (exact) mass is 284 g/mol. The number of aliphatic hydroxyl groups excluding tert-OH is 1. The fraction of sp³-hybridized carbons (Fsp3) is 0.667. The van der Waals surface area contributed by atoms with Crippen molar-refractivity contribution in [3.8, 4) is 0 Å². The fourth-order valence-electron chi connectivity index (χ4n) is 2.44. The van der Waals surface area contributed by atoms with Gasteiger partial charge in [0, 0.05) is 18.6 Å². The first-order valence-corrected chi connectivity index (χ1v) is 7.23. The predicted molar refractivity (Wildman–Crippen MR) is 75.3 cm³/mol. The molecule has 7 heteroatoms. The van der Waals surface area contributed by atoms with Crippen molar-refractivity contribution in [3.63, 3.8) is 0 Å². The van der Waals surface area contributed by atoms with Gasteiger partial charge in [-0.05, 0) is 19.9 Å². The molecule has 1 aromatic heterocycles. The molecular weight excluding hydrogens is 264 g/mol. The van der Waals surface area contributed by atoms with Gasteiger partial charge in [-0.25, -0.2) is 4.98 Å². The van der Waals surface area contributed by atoms with Crippen LogP contribution in [0.3, 0.4) is 0 Å². The largest absolute Gasteiger partial charge is 0.395 e. The van der Waals surface area contributed by atoms with Crippen LogP contribution in [0.2, 0.25) is 0 Å². The summed E-state index contributed by atoms with van der Waals surface area (Å²) in [6.45, 7) is 2.83. The number of likely N-dealkylation sites (tertiary alicyclic amines) is 1. The van der Waals surface area contributed by atoms with Gasteiger partial charge in [0.05, 0.1) is 12.3 Å². The fourth-order valence-corrected chi connectivity index (χ4v) is 3.26. The number of nitrogens with two attached hydrogens (primary N) is 1. The summed E-state index contributed by atoms with van der Waals surface area (Å²) >= 11 is 1.23. The standard InChI is InChI=1S/C12H20N4O2S/c1-3-9-10(19-12(13)15-9)11(18)14-7-4-8(6-17)16(2)5-7/h7-8,17H,3-6H2,1-2H3,(H2,13,15)(H,14,18)/t7-,8+/m1/s1. The number of carbonyl (C=O) groups is 1. The predicted octanol–water partition coefficient (Wildman–Crippen LogP) is 0.0825. The number of aliphatic hydroxyl groups is 1. The molecule has 1 saturated heterocycles. The summed E-state index contributed by atoms with van der Waals surface area (Å²) in [6, 6.07) is 0.199. The Balaban J connectivity index is 2.02. The van der Waals surface area contributed by atoms with Crippen LogP contribution < -0.4 is 11.1 Å². The van der Waals surface area contributed by atoms with Crippen LogP contribution in [0.5, 0.6) is 0 Å². The van der Waals surface area contributed by atoms with Gasteiger partial charge in [-0.2, -0.15) is 0 Å². The summed E-state index contributed by atoms with van der Waals surface area (Å²) in [7, 11) is 1.95.